The average Bonchev–Trinajstić information content (AvgIpc) is 2.63. The predicted octanol–water partition coefficient (Wildman–Crippen LogP) is 5.32. The molecule has 6 heteroatoms. The maximum Gasteiger partial charge on any atom is 0.223 e. The van der Waals surface area contributed by atoms with Crippen molar-refractivity contribution in [2.24, 2.45) is 10.9 Å². The first kappa shape index (κ1) is 20.7. The van der Waals surface area contributed by atoms with Gasteiger partial charge in [0.25, 0.3) is 0 Å². The lowest BCUT2D eigenvalue weighted by atomic mass is 10.0. The molecular weight excluding hydrogens is 322 g/mol. The molecule has 136 valence electrons. The van der Waals surface area contributed by atoms with Crippen molar-refractivity contribution in [2.45, 2.75) is 41.0 Å². The van der Waals surface area contributed by atoms with Crippen molar-refractivity contribution in [3.8, 4) is 0 Å². The van der Waals surface area contributed by atoms with E-state index in [4.69, 9.17) is 0 Å². The second-order valence-electron chi connectivity index (χ2n) is 5.61. The third-order valence-electron chi connectivity index (χ3n) is 3.97. The monoisotopic (exact) mass is 348 g/mol. The highest BCUT2D eigenvalue weighted by Crippen LogP contribution is 2.24. The molecule has 0 spiro atoms. The summed E-state index contributed by atoms with van der Waals surface area (Å²) in [5.74, 6) is -0.623. The summed E-state index contributed by atoms with van der Waals surface area (Å²) in [6, 6.07) is 0. The minimum Gasteiger partial charge on any atom is -0.357 e. The molecule has 0 saturated carbocycles. The third-order valence-corrected chi connectivity index (χ3v) is 3.97. The Kier molecular flexibility index (Phi) is 8.11. The number of nitrogens with one attached hydrogen (secondary N) is 1. The first-order valence-corrected chi connectivity index (χ1v) is 8.33. The van der Waals surface area contributed by atoms with E-state index in [0.29, 0.717) is 5.57 Å². The van der Waals surface area contributed by atoms with Crippen LogP contribution in [0.3, 0.4) is 0 Å². The summed E-state index contributed by atoms with van der Waals surface area (Å²) in [6.07, 6.45) is 6.43. The van der Waals surface area contributed by atoms with Gasteiger partial charge >= 0.3 is 0 Å². The van der Waals surface area contributed by atoms with Gasteiger partial charge in [0.2, 0.25) is 5.95 Å². The first-order valence-electron chi connectivity index (χ1n) is 8.33. The zero-order chi connectivity index (χ0) is 19.0. The van der Waals surface area contributed by atoms with Gasteiger partial charge < -0.3 is 5.32 Å². The zero-order valence-electron chi connectivity index (χ0n) is 15.7. The highest BCUT2D eigenvalue weighted by atomic mass is 19.1. The maximum absolute atomic E-state index is 14.7. The number of hydrogen-bond donors (Lipinski definition) is 1. The van der Waals surface area contributed by atoms with E-state index in [-0.39, 0.29) is 23.3 Å². The van der Waals surface area contributed by atoms with Gasteiger partial charge in [-0.3, -0.25) is 4.99 Å². The van der Waals surface area contributed by atoms with Crippen LogP contribution in [0.1, 0.15) is 46.7 Å². The predicted molar refractivity (Wildman–Crippen MR) is 101 cm³/mol. The Hall–Kier alpha value is -2.37. The van der Waals surface area contributed by atoms with E-state index in [9.17, 15) is 8.78 Å². The molecular formula is C19H26F2N4. The van der Waals surface area contributed by atoms with Crippen LogP contribution in [0.2, 0.25) is 0 Å². The molecule has 0 saturated heterocycles. The molecule has 1 aromatic heterocycles. The molecule has 0 bridgehead atoms. The third kappa shape index (κ3) is 5.59. The highest BCUT2D eigenvalue weighted by Gasteiger charge is 2.13. The van der Waals surface area contributed by atoms with Crippen LogP contribution in [0.5, 0.6) is 0 Å². The molecule has 0 aromatic carbocycles. The number of allylic oxidation sites excluding steroid dienone is 5. The number of aliphatic imine (C=N–C) groups is 1. The topological polar surface area (TPSA) is 50.2 Å². The van der Waals surface area contributed by atoms with E-state index in [2.05, 4.69) is 27.2 Å². The quantitative estimate of drug-likeness (QED) is 0.535. The largest absolute Gasteiger partial charge is 0.357 e. The van der Waals surface area contributed by atoms with Crippen LogP contribution >= 0.6 is 0 Å². The Balaban J connectivity index is 3.25. The van der Waals surface area contributed by atoms with E-state index in [1.54, 1.807) is 33.0 Å². The average molecular weight is 348 g/mol. The molecule has 0 amide bonds. The van der Waals surface area contributed by atoms with Crippen LogP contribution in [0.25, 0.3) is 5.57 Å². The van der Waals surface area contributed by atoms with Gasteiger partial charge in [0.05, 0.1) is 11.9 Å². The van der Waals surface area contributed by atoms with Crippen LogP contribution in [-0.2, 0) is 0 Å². The van der Waals surface area contributed by atoms with Gasteiger partial charge in [-0.15, -0.1) is 0 Å². The lowest BCUT2D eigenvalue weighted by Gasteiger charge is -2.09. The van der Waals surface area contributed by atoms with E-state index in [0.717, 1.165) is 18.3 Å². The van der Waals surface area contributed by atoms with Gasteiger partial charge in [0.15, 0.2) is 5.82 Å². The molecule has 0 aliphatic rings. The van der Waals surface area contributed by atoms with E-state index >= 15 is 0 Å². The number of rotatable bonds is 7. The second kappa shape index (κ2) is 9.81. The number of hydrogen-bond acceptors (Lipinski definition) is 4. The van der Waals surface area contributed by atoms with Gasteiger partial charge in [0.1, 0.15) is 11.5 Å². The van der Waals surface area contributed by atoms with Crippen LogP contribution in [0, 0.1) is 11.7 Å². The molecule has 1 heterocycles. The minimum absolute atomic E-state index is 0.0371. The normalized spacial score (nSPS) is 15.4. The van der Waals surface area contributed by atoms with Crippen molar-refractivity contribution in [1.82, 2.24) is 9.97 Å². The number of nitrogens with zero attached hydrogens (tertiary/aromatic N) is 3. The number of halogens is 2. The molecule has 1 unspecified atom stereocenters. The smallest absolute Gasteiger partial charge is 0.223 e. The molecule has 0 radical (unpaired) electrons. The first-order chi connectivity index (χ1) is 11.9. The standard InChI is InChI=1S/C19H26F2N4/c1-7-12(4)13(5)24-17(9-3)15(20)10-14(8-2)18-16(21)11-23-19(22-6)25-18/h8-12H,7H2,1-6H3,(H,22,23,25)/b14-8+,15-10+,17-9-,24-13-. The second-order valence-corrected chi connectivity index (χ2v) is 5.61. The van der Waals surface area contributed by atoms with Crippen molar-refractivity contribution < 1.29 is 8.78 Å². The maximum atomic E-state index is 14.7. The van der Waals surface area contributed by atoms with Crippen molar-refractivity contribution in [3.63, 3.8) is 0 Å². The Bertz CT molecular complexity index is 718. The van der Waals surface area contributed by atoms with E-state index in [1.807, 2.05) is 13.8 Å². The lowest BCUT2D eigenvalue weighted by molar-refractivity contribution is 0.609. The number of aromatic nitrogens is 2. The zero-order valence-corrected chi connectivity index (χ0v) is 15.7. The van der Waals surface area contributed by atoms with Gasteiger partial charge in [-0.25, -0.2) is 18.7 Å². The molecule has 25 heavy (non-hydrogen) atoms. The van der Waals surface area contributed by atoms with Gasteiger partial charge in [-0.1, -0.05) is 26.0 Å². The van der Waals surface area contributed by atoms with Crippen molar-refractivity contribution in [2.75, 3.05) is 12.4 Å². The van der Waals surface area contributed by atoms with Crippen LogP contribution in [0.4, 0.5) is 14.7 Å². The molecule has 1 N–H and O–H groups in total. The summed E-state index contributed by atoms with van der Waals surface area (Å²) in [7, 11) is 1.63. The summed E-state index contributed by atoms with van der Waals surface area (Å²) in [5, 5.41) is 2.74. The fourth-order valence-electron chi connectivity index (χ4n) is 2.04. The van der Waals surface area contributed by atoms with Crippen LogP contribution in [0.15, 0.2) is 40.9 Å². The SMILES string of the molecule is C/C=C(\N=C(\C)C(C)CC)C(/F)=C\C(=C/C)c1nc(NC)ncc1F. The fraction of sp³-hybridized carbons (Fsp3) is 0.421. The van der Waals surface area contributed by atoms with E-state index in [1.165, 1.54) is 6.08 Å². The molecule has 4 nitrogen and oxygen atoms in total. The van der Waals surface area contributed by atoms with Crippen LogP contribution in [-0.4, -0.2) is 22.7 Å². The Morgan fingerprint density at radius 1 is 1.36 bits per heavy atom. The Morgan fingerprint density at radius 2 is 2.04 bits per heavy atom. The minimum atomic E-state index is -0.613. The summed E-state index contributed by atoms with van der Waals surface area (Å²) in [5.41, 5.74) is 1.44. The van der Waals surface area contributed by atoms with Crippen molar-refractivity contribution in [3.05, 3.63) is 47.5 Å². The Morgan fingerprint density at radius 3 is 2.56 bits per heavy atom. The fourth-order valence-corrected chi connectivity index (χ4v) is 2.04. The molecule has 0 aliphatic carbocycles. The molecule has 1 rings (SSSR count). The van der Waals surface area contributed by atoms with Crippen LogP contribution < -0.4 is 5.32 Å². The number of anilines is 1. The molecule has 1 aromatic rings. The summed E-state index contributed by atoms with van der Waals surface area (Å²) in [6.45, 7) is 9.39. The summed E-state index contributed by atoms with van der Waals surface area (Å²) < 4.78 is 28.7. The highest BCUT2D eigenvalue weighted by molar-refractivity contribution is 5.85. The lowest BCUT2D eigenvalue weighted by Crippen LogP contribution is -2.06. The molecule has 1 atom stereocenters. The Labute approximate surface area is 148 Å². The van der Waals surface area contributed by atoms with Crippen molar-refractivity contribution in [1.29, 1.82) is 0 Å². The van der Waals surface area contributed by atoms with Crippen molar-refractivity contribution >= 4 is 17.2 Å². The van der Waals surface area contributed by atoms with E-state index < -0.39 is 11.6 Å². The summed E-state index contributed by atoms with van der Waals surface area (Å²) >= 11 is 0. The molecule has 0 aliphatic heterocycles. The summed E-state index contributed by atoms with van der Waals surface area (Å²) in [4.78, 5) is 12.2. The van der Waals surface area contributed by atoms with Gasteiger partial charge in [0, 0.05) is 18.3 Å². The van der Waals surface area contributed by atoms with Gasteiger partial charge in [-0.05, 0) is 39.2 Å². The van der Waals surface area contributed by atoms with Gasteiger partial charge in [-0.2, -0.15) is 0 Å². The molecule has 0 fully saturated rings.